The van der Waals surface area contributed by atoms with E-state index < -0.39 is 0 Å². The Kier molecular flexibility index (Phi) is 7.61. The van der Waals surface area contributed by atoms with Crippen LogP contribution in [0.15, 0.2) is 83.1 Å². The molecule has 8 heteroatoms. The number of aromatic nitrogens is 1. The summed E-state index contributed by atoms with van der Waals surface area (Å²) in [7, 11) is 1.62. The summed E-state index contributed by atoms with van der Waals surface area (Å²) in [6.07, 6.45) is 0. The van der Waals surface area contributed by atoms with E-state index in [1.54, 1.807) is 13.2 Å². The second kappa shape index (κ2) is 11.0. The maximum atomic E-state index is 12.5. The first-order chi connectivity index (χ1) is 16.5. The number of thiazole rings is 1. The number of ether oxygens (including phenoxy) is 1. The largest absolute Gasteiger partial charge is 0.497 e. The monoisotopic (exact) mass is 489 g/mol. The van der Waals surface area contributed by atoms with Crippen molar-refractivity contribution < 1.29 is 14.3 Å². The third kappa shape index (κ3) is 6.03. The van der Waals surface area contributed by atoms with E-state index in [-0.39, 0.29) is 17.6 Å². The lowest BCUT2D eigenvalue weighted by atomic mass is 10.1. The summed E-state index contributed by atoms with van der Waals surface area (Å²) >= 11 is 2.80. The van der Waals surface area contributed by atoms with Gasteiger partial charge in [-0.05, 0) is 55.0 Å². The van der Waals surface area contributed by atoms with Gasteiger partial charge >= 0.3 is 0 Å². The molecule has 0 saturated carbocycles. The summed E-state index contributed by atoms with van der Waals surface area (Å²) in [4.78, 5) is 30.3. The van der Waals surface area contributed by atoms with Crippen molar-refractivity contribution >= 4 is 45.7 Å². The lowest BCUT2D eigenvalue weighted by Crippen LogP contribution is -2.14. The molecule has 0 aliphatic rings. The van der Waals surface area contributed by atoms with E-state index in [4.69, 9.17) is 4.74 Å². The van der Waals surface area contributed by atoms with Crippen LogP contribution in [0.4, 0.5) is 10.8 Å². The number of nitrogens with one attached hydrogen (secondary N) is 2. The quantitative estimate of drug-likeness (QED) is 0.292. The van der Waals surface area contributed by atoms with E-state index in [1.807, 2.05) is 79.0 Å². The van der Waals surface area contributed by atoms with Crippen molar-refractivity contribution in [3.63, 3.8) is 0 Å². The number of thioether (sulfide) groups is 1. The molecule has 0 spiro atoms. The molecular formula is C26H23N3O3S2. The van der Waals surface area contributed by atoms with Crippen molar-refractivity contribution in [2.45, 2.75) is 11.8 Å². The van der Waals surface area contributed by atoms with E-state index in [0.717, 1.165) is 27.5 Å². The van der Waals surface area contributed by atoms with E-state index >= 15 is 0 Å². The second-order valence-electron chi connectivity index (χ2n) is 7.40. The van der Waals surface area contributed by atoms with Crippen molar-refractivity contribution in [2.24, 2.45) is 0 Å². The number of carbonyl (C=O) groups is 2. The highest BCUT2D eigenvalue weighted by molar-refractivity contribution is 8.00. The molecule has 0 fully saturated rings. The standard InChI is InChI=1S/C26H23N3O3S2/c1-17-6-3-4-9-22(17)25(31)27-19-10-12-21(13-11-19)33-16-24(30)29-26-28-23(15-34-26)18-7-5-8-20(14-18)32-2/h3-15H,16H2,1-2H3,(H,27,31)(H,28,29,30). The molecule has 0 bridgehead atoms. The number of anilines is 2. The Balaban J connectivity index is 1.28. The molecule has 2 amide bonds. The van der Waals surface area contributed by atoms with Gasteiger partial charge in [-0.1, -0.05) is 30.3 Å². The molecule has 0 unspecified atom stereocenters. The molecule has 0 aliphatic heterocycles. The SMILES string of the molecule is COc1cccc(-c2csc(NC(=O)CSc3ccc(NC(=O)c4ccccc4C)cc3)n2)c1. The third-order valence-corrected chi connectivity index (χ3v) is 6.76. The van der Waals surface area contributed by atoms with Gasteiger partial charge < -0.3 is 15.4 Å². The first-order valence-corrected chi connectivity index (χ1v) is 12.4. The fourth-order valence-corrected chi connectivity index (χ4v) is 4.65. The van der Waals surface area contributed by atoms with Gasteiger partial charge in [0.25, 0.3) is 5.91 Å². The van der Waals surface area contributed by atoms with E-state index in [9.17, 15) is 9.59 Å². The molecule has 0 aliphatic carbocycles. The fourth-order valence-electron chi connectivity index (χ4n) is 3.21. The first kappa shape index (κ1) is 23.5. The number of rotatable bonds is 8. The van der Waals surface area contributed by atoms with Crippen LogP contribution >= 0.6 is 23.1 Å². The zero-order valence-corrected chi connectivity index (χ0v) is 20.3. The predicted molar refractivity (Wildman–Crippen MR) is 139 cm³/mol. The van der Waals surface area contributed by atoms with Crippen LogP contribution in [-0.4, -0.2) is 29.7 Å². The minimum absolute atomic E-state index is 0.131. The van der Waals surface area contributed by atoms with Crippen molar-refractivity contribution in [2.75, 3.05) is 23.5 Å². The zero-order chi connectivity index (χ0) is 23.9. The normalized spacial score (nSPS) is 10.5. The Bertz CT molecular complexity index is 1300. The van der Waals surface area contributed by atoms with Gasteiger partial charge in [-0.3, -0.25) is 9.59 Å². The molecule has 0 radical (unpaired) electrons. The van der Waals surface area contributed by atoms with Gasteiger partial charge in [0.1, 0.15) is 5.75 Å². The van der Waals surface area contributed by atoms with Crippen LogP contribution in [0, 0.1) is 6.92 Å². The second-order valence-corrected chi connectivity index (χ2v) is 9.31. The average molecular weight is 490 g/mol. The Hall–Kier alpha value is -3.62. The molecular weight excluding hydrogens is 466 g/mol. The fraction of sp³-hybridized carbons (Fsp3) is 0.115. The predicted octanol–water partition coefficient (Wildman–Crippen LogP) is 6.11. The number of aryl methyl sites for hydroxylation is 1. The smallest absolute Gasteiger partial charge is 0.255 e. The summed E-state index contributed by atoms with van der Waals surface area (Å²) in [5.74, 6) is 0.736. The zero-order valence-electron chi connectivity index (χ0n) is 18.7. The van der Waals surface area contributed by atoms with Gasteiger partial charge in [-0.15, -0.1) is 23.1 Å². The summed E-state index contributed by atoms with van der Waals surface area (Å²) in [5.41, 5.74) is 3.99. The lowest BCUT2D eigenvalue weighted by Gasteiger charge is -2.08. The van der Waals surface area contributed by atoms with Crippen LogP contribution in [0.2, 0.25) is 0 Å². The van der Waals surface area contributed by atoms with Crippen molar-refractivity contribution in [1.29, 1.82) is 0 Å². The molecule has 4 rings (SSSR count). The molecule has 0 atom stereocenters. The van der Waals surface area contributed by atoms with E-state index in [0.29, 0.717) is 16.4 Å². The molecule has 1 heterocycles. The van der Waals surface area contributed by atoms with Gasteiger partial charge in [0.2, 0.25) is 5.91 Å². The number of hydrogen-bond donors (Lipinski definition) is 2. The van der Waals surface area contributed by atoms with Crippen LogP contribution in [0.3, 0.4) is 0 Å². The van der Waals surface area contributed by atoms with Crippen LogP contribution in [0.5, 0.6) is 5.75 Å². The van der Waals surface area contributed by atoms with E-state index in [2.05, 4.69) is 15.6 Å². The lowest BCUT2D eigenvalue weighted by molar-refractivity contribution is -0.113. The number of carbonyl (C=O) groups excluding carboxylic acids is 2. The van der Waals surface area contributed by atoms with Crippen LogP contribution in [0.1, 0.15) is 15.9 Å². The van der Waals surface area contributed by atoms with Crippen molar-refractivity contribution in [3.05, 3.63) is 89.3 Å². The van der Waals surface area contributed by atoms with Gasteiger partial charge in [0.15, 0.2) is 5.13 Å². The molecule has 34 heavy (non-hydrogen) atoms. The number of methoxy groups -OCH3 is 1. The highest BCUT2D eigenvalue weighted by atomic mass is 32.2. The molecule has 4 aromatic rings. The number of benzene rings is 3. The molecule has 0 saturated heterocycles. The van der Waals surface area contributed by atoms with Crippen molar-refractivity contribution in [3.8, 4) is 17.0 Å². The molecule has 172 valence electrons. The van der Waals surface area contributed by atoms with Crippen molar-refractivity contribution in [1.82, 2.24) is 4.98 Å². The summed E-state index contributed by atoms with van der Waals surface area (Å²) in [6.45, 7) is 1.91. The summed E-state index contributed by atoms with van der Waals surface area (Å²) < 4.78 is 5.26. The highest BCUT2D eigenvalue weighted by Gasteiger charge is 2.11. The molecule has 2 N–H and O–H groups in total. The average Bonchev–Trinajstić information content (AvgIpc) is 3.32. The third-order valence-electron chi connectivity index (χ3n) is 4.99. The topological polar surface area (TPSA) is 80.3 Å². The minimum atomic E-state index is -0.144. The van der Waals surface area contributed by atoms with Gasteiger partial charge in [-0.25, -0.2) is 4.98 Å². The van der Waals surface area contributed by atoms with Crippen LogP contribution in [0.25, 0.3) is 11.3 Å². The maximum absolute atomic E-state index is 12.5. The Morgan fingerprint density at radius 1 is 1.00 bits per heavy atom. The number of nitrogens with zero attached hydrogens (tertiary/aromatic N) is 1. The molecule has 6 nitrogen and oxygen atoms in total. The Labute approximate surface area is 206 Å². The number of hydrogen-bond acceptors (Lipinski definition) is 6. The first-order valence-electron chi connectivity index (χ1n) is 10.5. The maximum Gasteiger partial charge on any atom is 0.255 e. The highest BCUT2D eigenvalue weighted by Crippen LogP contribution is 2.28. The van der Waals surface area contributed by atoms with Gasteiger partial charge in [0.05, 0.1) is 18.6 Å². The molecule has 1 aromatic heterocycles. The summed E-state index contributed by atoms with van der Waals surface area (Å²) in [5, 5.41) is 8.21. The Morgan fingerprint density at radius 3 is 2.56 bits per heavy atom. The van der Waals surface area contributed by atoms with E-state index in [1.165, 1.54) is 23.1 Å². The van der Waals surface area contributed by atoms with Gasteiger partial charge in [-0.2, -0.15) is 0 Å². The van der Waals surface area contributed by atoms with Gasteiger partial charge in [0, 0.05) is 27.1 Å². The number of amides is 2. The minimum Gasteiger partial charge on any atom is -0.497 e. The van der Waals surface area contributed by atoms with Crippen LogP contribution < -0.4 is 15.4 Å². The molecule has 3 aromatic carbocycles. The Morgan fingerprint density at radius 2 is 1.79 bits per heavy atom. The van der Waals surface area contributed by atoms with Crippen LogP contribution in [-0.2, 0) is 4.79 Å². The summed E-state index contributed by atoms with van der Waals surface area (Å²) in [6, 6.07) is 22.5.